The van der Waals surface area contributed by atoms with Gasteiger partial charge in [-0.25, -0.2) is 0 Å². The molecule has 0 amide bonds. The van der Waals surface area contributed by atoms with Gasteiger partial charge >= 0.3 is 0 Å². The van der Waals surface area contributed by atoms with Gasteiger partial charge in [0.25, 0.3) is 0 Å². The maximum Gasteiger partial charge on any atom is 0.128 e. The van der Waals surface area contributed by atoms with Crippen LogP contribution in [0.2, 0.25) is 20.1 Å². The lowest BCUT2D eigenvalue weighted by atomic mass is 10.2. The van der Waals surface area contributed by atoms with E-state index < -0.39 is 0 Å². The summed E-state index contributed by atoms with van der Waals surface area (Å²) in [6, 6.07) is 16.3. The first-order valence-electron chi connectivity index (χ1n) is 8.09. The zero-order chi connectivity index (χ0) is 19.4. The van der Waals surface area contributed by atoms with Gasteiger partial charge in [0, 0.05) is 37.4 Å². The number of nitrogens with zero attached hydrogens (tertiary/aromatic N) is 1. The van der Waals surface area contributed by atoms with E-state index in [1.54, 1.807) is 36.5 Å². The van der Waals surface area contributed by atoms with Gasteiger partial charge in [0.05, 0.1) is 5.69 Å². The van der Waals surface area contributed by atoms with E-state index in [2.05, 4.69) is 4.99 Å². The van der Waals surface area contributed by atoms with Gasteiger partial charge in [-0.1, -0.05) is 58.5 Å². The molecule has 0 heterocycles. The Hall–Kier alpha value is -1.71. The predicted molar refractivity (Wildman–Crippen MR) is 116 cm³/mol. The number of hydrogen-bond acceptors (Lipinski definition) is 2. The van der Waals surface area contributed by atoms with Crippen LogP contribution in [0.15, 0.2) is 59.6 Å². The number of hydrogen-bond donors (Lipinski definition) is 0. The van der Waals surface area contributed by atoms with Crippen molar-refractivity contribution in [2.75, 3.05) is 0 Å². The lowest BCUT2D eigenvalue weighted by Gasteiger charge is -2.11. The fourth-order valence-corrected chi connectivity index (χ4v) is 3.23. The van der Waals surface area contributed by atoms with Crippen molar-refractivity contribution in [1.82, 2.24) is 0 Å². The second-order valence-electron chi connectivity index (χ2n) is 5.85. The van der Waals surface area contributed by atoms with Gasteiger partial charge in [0.1, 0.15) is 12.4 Å². The molecule has 0 atom stereocenters. The number of benzene rings is 3. The molecule has 27 heavy (non-hydrogen) atoms. The van der Waals surface area contributed by atoms with Crippen molar-refractivity contribution < 1.29 is 4.74 Å². The molecule has 0 aliphatic carbocycles. The van der Waals surface area contributed by atoms with Crippen molar-refractivity contribution in [2.24, 2.45) is 4.99 Å². The molecule has 0 saturated heterocycles. The van der Waals surface area contributed by atoms with E-state index in [0.717, 1.165) is 22.4 Å². The monoisotopic (exact) mass is 437 g/mol. The molecule has 0 aliphatic heterocycles. The molecule has 0 N–H and O–H groups in total. The molecule has 0 fully saturated rings. The highest BCUT2D eigenvalue weighted by Crippen LogP contribution is 2.28. The minimum atomic E-state index is 0.300. The Morgan fingerprint density at radius 3 is 2.41 bits per heavy atom. The summed E-state index contributed by atoms with van der Waals surface area (Å²) in [5, 5.41) is 2.40. The zero-order valence-corrected chi connectivity index (χ0v) is 17.4. The molecule has 0 unspecified atom stereocenters. The number of ether oxygens (including phenoxy) is 1. The van der Waals surface area contributed by atoms with Crippen molar-refractivity contribution in [2.45, 2.75) is 13.5 Å². The molecule has 3 aromatic carbocycles. The van der Waals surface area contributed by atoms with Gasteiger partial charge in [-0.3, -0.25) is 4.99 Å². The first kappa shape index (κ1) is 20.0. The molecular weight excluding hydrogens is 424 g/mol. The largest absolute Gasteiger partial charge is 0.488 e. The van der Waals surface area contributed by atoms with Crippen molar-refractivity contribution in [3.8, 4) is 5.75 Å². The molecule has 0 aliphatic rings. The maximum atomic E-state index is 6.21. The molecule has 0 spiro atoms. The van der Waals surface area contributed by atoms with Crippen molar-refractivity contribution in [3.05, 3.63) is 91.4 Å². The molecule has 0 aromatic heterocycles. The van der Waals surface area contributed by atoms with Gasteiger partial charge < -0.3 is 4.74 Å². The zero-order valence-electron chi connectivity index (χ0n) is 14.3. The van der Waals surface area contributed by atoms with Gasteiger partial charge in [-0.15, -0.1) is 0 Å². The van der Waals surface area contributed by atoms with Crippen LogP contribution in [0.25, 0.3) is 0 Å². The predicted octanol–water partition coefficient (Wildman–Crippen LogP) is 7.94. The molecular formula is C21H15Cl4NO. The second kappa shape index (κ2) is 8.99. The van der Waals surface area contributed by atoms with Crippen LogP contribution in [-0.4, -0.2) is 6.21 Å². The third-order valence-corrected chi connectivity index (χ3v) is 5.18. The normalized spacial score (nSPS) is 11.1. The van der Waals surface area contributed by atoms with Crippen LogP contribution in [0.3, 0.4) is 0 Å². The standard InChI is InChI=1S/C21H15Cl4NO/c1-13-18(24)3-2-4-20(13)26-11-15-9-16(22)7-8-21(15)27-12-14-5-6-17(23)10-19(14)25/h2-11H,12H2,1H3. The van der Waals surface area contributed by atoms with Crippen LogP contribution in [0.1, 0.15) is 16.7 Å². The molecule has 0 saturated carbocycles. The lowest BCUT2D eigenvalue weighted by molar-refractivity contribution is 0.306. The minimum absolute atomic E-state index is 0.300. The Labute approximate surface area is 178 Å². The number of halogens is 4. The third-order valence-electron chi connectivity index (χ3n) is 3.95. The van der Waals surface area contributed by atoms with Gasteiger partial charge in [0.15, 0.2) is 0 Å². The highest BCUT2D eigenvalue weighted by Gasteiger charge is 2.07. The third kappa shape index (κ3) is 5.18. The molecule has 6 heteroatoms. The van der Waals surface area contributed by atoms with Crippen LogP contribution < -0.4 is 4.74 Å². The van der Waals surface area contributed by atoms with E-state index in [0.29, 0.717) is 32.4 Å². The summed E-state index contributed by atoms with van der Waals surface area (Å²) in [5.74, 6) is 0.647. The van der Waals surface area contributed by atoms with Crippen LogP contribution in [-0.2, 0) is 6.61 Å². The summed E-state index contributed by atoms with van der Waals surface area (Å²) >= 11 is 24.4. The van der Waals surface area contributed by atoms with Crippen molar-refractivity contribution >= 4 is 58.3 Å². The second-order valence-corrected chi connectivity index (χ2v) is 7.54. The average Bonchev–Trinajstić information content (AvgIpc) is 2.63. The maximum absolute atomic E-state index is 6.21. The Bertz CT molecular complexity index is 1000. The van der Waals surface area contributed by atoms with Crippen molar-refractivity contribution in [1.29, 1.82) is 0 Å². The molecule has 2 nitrogen and oxygen atoms in total. The Morgan fingerprint density at radius 1 is 0.889 bits per heavy atom. The Balaban J connectivity index is 1.84. The average molecular weight is 439 g/mol. The van der Waals surface area contributed by atoms with E-state index in [1.165, 1.54) is 0 Å². The Kier molecular flexibility index (Phi) is 6.67. The summed E-state index contributed by atoms with van der Waals surface area (Å²) in [5.41, 5.74) is 3.29. The van der Waals surface area contributed by atoms with E-state index >= 15 is 0 Å². The van der Waals surface area contributed by atoms with E-state index in [9.17, 15) is 0 Å². The quantitative estimate of drug-likeness (QED) is 0.370. The van der Waals surface area contributed by atoms with Crippen molar-refractivity contribution in [3.63, 3.8) is 0 Å². The highest BCUT2D eigenvalue weighted by molar-refractivity contribution is 6.35. The lowest BCUT2D eigenvalue weighted by Crippen LogP contribution is -1.99. The van der Waals surface area contributed by atoms with Gasteiger partial charge in [-0.05, 0) is 55.0 Å². The summed E-state index contributed by atoms with van der Waals surface area (Å²) in [7, 11) is 0. The van der Waals surface area contributed by atoms with E-state index in [4.69, 9.17) is 51.1 Å². The molecule has 0 radical (unpaired) electrons. The SMILES string of the molecule is Cc1c(Cl)cccc1N=Cc1cc(Cl)ccc1OCc1ccc(Cl)cc1Cl. The minimum Gasteiger partial charge on any atom is -0.488 e. The first-order valence-corrected chi connectivity index (χ1v) is 9.60. The summed E-state index contributed by atoms with van der Waals surface area (Å²) in [6.07, 6.45) is 1.71. The van der Waals surface area contributed by atoms with Crippen LogP contribution in [0.4, 0.5) is 5.69 Å². The topological polar surface area (TPSA) is 21.6 Å². The summed E-state index contributed by atoms with van der Waals surface area (Å²) in [6.45, 7) is 2.22. The van der Waals surface area contributed by atoms with Crippen LogP contribution in [0.5, 0.6) is 5.75 Å². The van der Waals surface area contributed by atoms with Gasteiger partial charge in [-0.2, -0.15) is 0 Å². The molecule has 138 valence electrons. The number of rotatable bonds is 5. The fourth-order valence-electron chi connectivity index (χ4n) is 2.42. The molecule has 3 rings (SSSR count). The smallest absolute Gasteiger partial charge is 0.128 e. The van der Waals surface area contributed by atoms with Crippen LogP contribution in [0, 0.1) is 6.92 Å². The number of aliphatic imine (C=N–C) groups is 1. The molecule has 3 aromatic rings. The highest BCUT2D eigenvalue weighted by atomic mass is 35.5. The first-order chi connectivity index (χ1) is 12.9. The summed E-state index contributed by atoms with van der Waals surface area (Å²) in [4.78, 5) is 4.53. The van der Waals surface area contributed by atoms with Crippen LogP contribution >= 0.6 is 46.4 Å². The van der Waals surface area contributed by atoms with Gasteiger partial charge in [0.2, 0.25) is 0 Å². The Morgan fingerprint density at radius 2 is 1.63 bits per heavy atom. The molecule has 0 bridgehead atoms. The van der Waals surface area contributed by atoms with E-state index in [-0.39, 0.29) is 0 Å². The summed E-state index contributed by atoms with van der Waals surface area (Å²) < 4.78 is 5.94. The van der Waals surface area contributed by atoms with E-state index in [1.807, 2.05) is 31.2 Å². The fraction of sp³-hybridized carbons (Fsp3) is 0.0952.